The minimum Gasteiger partial charge on any atom is -0.396 e. The van der Waals surface area contributed by atoms with E-state index in [-0.39, 0.29) is 12.6 Å². The molecule has 1 unspecified atom stereocenters. The summed E-state index contributed by atoms with van der Waals surface area (Å²) in [5.74, 6) is 0.952. The van der Waals surface area contributed by atoms with Crippen molar-refractivity contribution in [2.45, 2.75) is 24.3 Å². The van der Waals surface area contributed by atoms with Gasteiger partial charge in [0.05, 0.1) is 11.7 Å². The first-order valence-electron chi connectivity index (χ1n) is 6.81. The summed E-state index contributed by atoms with van der Waals surface area (Å²) in [4.78, 5) is 5.58. The van der Waals surface area contributed by atoms with Gasteiger partial charge in [0.2, 0.25) is 0 Å². The van der Waals surface area contributed by atoms with Crippen LogP contribution in [0.3, 0.4) is 0 Å². The third-order valence-corrected chi connectivity index (χ3v) is 4.04. The predicted octanol–water partition coefficient (Wildman–Crippen LogP) is 3.73. The second kappa shape index (κ2) is 7.92. The monoisotopic (exact) mass is 288 g/mol. The Labute approximate surface area is 124 Å². The van der Waals surface area contributed by atoms with Crippen molar-refractivity contribution in [2.75, 3.05) is 17.7 Å². The normalized spacial score (nSPS) is 12.1. The van der Waals surface area contributed by atoms with Gasteiger partial charge in [0.15, 0.2) is 0 Å². The molecular formula is C16H20N2OS. The van der Waals surface area contributed by atoms with Gasteiger partial charge in [0.25, 0.3) is 0 Å². The molecule has 0 aliphatic heterocycles. The van der Waals surface area contributed by atoms with E-state index >= 15 is 0 Å². The van der Waals surface area contributed by atoms with Crippen LogP contribution >= 0.6 is 11.8 Å². The lowest BCUT2D eigenvalue weighted by Crippen LogP contribution is -2.07. The van der Waals surface area contributed by atoms with Crippen molar-refractivity contribution in [3.05, 3.63) is 54.4 Å². The van der Waals surface area contributed by atoms with Gasteiger partial charge in [-0.3, -0.25) is 4.98 Å². The highest BCUT2D eigenvalue weighted by molar-refractivity contribution is 7.99. The number of thioether (sulfide) groups is 1. The molecule has 0 aliphatic rings. The highest BCUT2D eigenvalue weighted by atomic mass is 32.2. The molecule has 0 amide bonds. The molecule has 1 atom stereocenters. The number of hydrogen-bond donors (Lipinski definition) is 2. The number of aliphatic hydroxyl groups excluding tert-OH is 1. The third-order valence-electron chi connectivity index (χ3n) is 2.94. The first-order valence-corrected chi connectivity index (χ1v) is 7.79. The summed E-state index contributed by atoms with van der Waals surface area (Å²) in [7, 11) is 0. The number of aromatic nitrogens is 1. The van der Waals surface area contributed by atoms with E-state index in [0.717, 1.165) is 23.6 Å². The molecule has 1 aromatic carbocycles. The van der Waals surface area contributed by atoms with Crippen LogP contribution in [0.4, 0.5) is 5.69 Å². The maximum Gasteiger partial charge on any atom is 0.0657 e. The summed E-state index contributed by atoms with van der Waals surface area (Å²) in [6, 6.07) is 14.5. The molecule has 1 heterocycles. The number of rotatable bonds is 7. The van der Waals surface area contributed by atoms with Crippen molar-refractivity contribution >= 4 is 17.4 Å². The average Bonchev–Trinajstić information content (AvgIpc) is 2.50. The lowest BCUT2D eigenvalue weighted by molar-refractivity contribution is 0.296. The van der Waals surface area contributed by atoms with Crippen LogP contribution in [-0.4, -0.2) is 22.5 Å². The molecule has 106 valence electrons. The Kier molecular flexibility index (Phi) is 5.89. The molecule has 20 heavy (non-hydrogen) atoms. The van der Waals surface area contributed by atoms with Crippen molar-refractivity contribution in [2.24, 2.45) is 0 Å². The van der Waals surface area contributed by atoms with Gasteiger partial charge in [-0.15, -0.1) is 11.8 Å². The van der Waals surface area contributed by atoms with Crippen molar-refractivity contribution < 1.29 is 5.11 Å². The number of nitrogens with one attached hydrogen (secondary N) is 1. The van der Waals surface area contributed by atoms with Crippen molar-refractivity contribution in [3.8, 4) is 0 Å². The number of pyridine rings is 1. The first-order chi connectivity index (χ1) is 9.79. The molecule has 0 aliphatic carbocycles. The van der Waals surface area contributed by atoms with E-state index in [4.69, 9.17) is 5.11 Å². The molecule has 0 saturated heterocycles. The second-order valence-electron chi connectivity index (χ2n) is 4.57. The Morgan fingerprint density at radius 1 is 1.20 bits per heavy atom. The number of anilines is 1. The minimum atomic E-state index is 0.184. The van der Waals surface area contributed by atoms with Gasteiger partial charge in [0.1, 0.15) is 0 Å². The summed E-state index contributed by atoms with van der Waals surface area (Å²) in [6.45, 7) is 2.36. The van der Waals surface area contributed by atoms with Crippen LogP contribution in [-0.2, 0) is 0 Å². The first kappa shape index (κ1) is 14.9. The lowest BCUT2D eigenvalue weighted by Gasteiger charge is -2.14. The fraction of sp³-hybridized carbons (Fsp3) is 0.312. The van der Waals surface area contributed by atoms with Crippen LogP contribution in [0.2, 0.25) is 0 Å². The highest BCUT2D eigenvalue weighted by Gasteiger charge is 2.05. The zero-order chi connectivity index (χ0) is 14.2. The van der Waals surface area contributed by atoms with E-state index in [9.17, 15) is 0 Å². The van der Waals surface area contributed by atoms with Crippen molar-refractivity contribution in [1.82, 2.24) is 4.98 Å². The molecule has 0 bridgehead atoms. The van der Waals surface area contributed by atoms with Crippen LogP contribution in [0, 0.1) is 0 Å². The maximum atomic E-state index is 8.77. The van der Waals surface area contributed by atoms with Gasteiger partial charge < -0.3 is 10.4 Å². The largest absolute Gasteiger partial charge is 0.396 e. The molecule has 2 aromatic rings. The van der Waals surface area contributed by atoms with Gasteiger partial charge in [-0.2, -0.15) is 0 Å². The number of hydrogen-bond acceptors (Lipinski definition) is 4. The molecule has 4 heteroatoms. The van der Waals surface area contributed by atoms with E-state index < -0.39 is 0 Å². The molecule has 0 saturated carbocycles. The van der Waals surface area contributed by atoms with Gasteiger partial charge in [-0.05, 0) is 49.7 Å². The number of benzene rings is 1. The van der Waals surface area contributed by atoms with E-state index in [1.165, 1.54) is 4.90 Å². The molecule has 0 spiro atoms. The van der Waals surface area contributed by atoms with Gasteiger partial charge in [0, 0.05) is 29.1 Å². The van der Waals surface area contributed by atoms with Gasteiger partial charge in [-0.1, -0.05) is 6.07 Å². The van der Waals surface area contributed by atoms with Crippen LogP contribution in [0.25, 0.3) is 0 Å². The quantitative estimate of drug-likeness (QED) is 0.602. The second-order valence-corrected chi connectivity index (χ2v) is 5.74. The fourth-order valence-corrected chi connectivity index (χ4v) is 2.70. The zero-order valence-corrected chi connectivity index (χ0v) is 12.4. The molecule has 0 fully saturated rings. The fourth-order valence-electron chi connectivity index (χ4n) is 1.86. The summed E-state index contributed by atoms with van der Waals surface area (Å²) >= 11 is 1.77. The SMILES string of the molecule is CC(Nc1ccc(SCCCO)cc1)c1ccccn1. The van der Waals surface area contributed by atoms with Crippen molar-refractivity contribution in [3.63, 3.8) is 0 Å². The predicted molar refractivity (Wildman–Crippen MR) is 85.1 cm³/mol. The smallest absolute Gasteiger partial charge is 0.0657 e. The number of aliphatic hydroxyl groups is 1. The van der Waals surface area contributed by atoms with Crippen LogP contribution in [0.1, 0.15) is 25.1 Å². The van der Waals surface area contributed by atoms with Crippen LogP contribution < -0.4 is 5.32 Å². The van der Waals surface area contributed by atoms with Crippen LogP contribution in [0.5, 0.6) is 0 Å². The molecule has 1 aromatic heterocycles. The summed E-state index contributed by atoms with van der Waals surface area (Å²) < 4.78 is 0. The maximum absolute atomic E-state index is 8.77. The van der Waals surface area contributed by atoms with Gasteiger partial charge >= 0.3 is 0 Å². The van der Waals surface area contributed by atoms with E-state index in [2.05, 4.69) is 41.5 Å². The molecular weight excluding hydrogens is 268 g/mol. The molecule has 2 rings (SSSR count). The average molecular weight is 288 g/mol. The van der Waals surface area contributed by atoms with E-state index in [1.807, 2.05) is 24.4 Å². The Morgan fingerprint density at radius 2 is 2.00 bits per heavy atom. The van der Waals surface area contributed by atoms with Crippen LogP contribution in [0.15, 0.2) is 53.6 Å². The molecule has 0 radical (unpaired) electrons. The third kappa shape index (κ3) is 4.54. The van der Waals surface area contributed by atoms with Gasteiger partial charge in [-0.25, -0.2) is 0 Å². The van der Waals surface area contributed by atoms with E-state index in [0.29, 0.717) is 0 Å². The Bertz CT molecular complexity index is 502. The summed E-state index contributed by atoms with van der Waals surface area (Å²) in [5, 5.41) is 12.2. The Hall–Kier alpha value is -1.52. The molecule has 3 nitrogen and oxygen atoms in total. The Balaban J connectivity index is 1.90. The Morgan fingerprint density at radius 3 is 2.65 bits per heavy atom. The number of nitrogens with zero attached hydrogens (tertiary/aromatic N) is 1. The summed E-state index contributed by atoms with van der Waals surface area (Å²) in [5.41, 5.74) is 2.13. The lowest BCUT2D eigenvalue weighted by atomic mass is 10.2. The minimum absolute atomic E-state index is 0.184. The summed E-state index contributed by atoms with van der Waals surface area (Å²) in [6.07, 6.45) is 2.65. The topological polar surface area (TPSA) is 45.1 Å². The van der Waals surface area contributed by atoms with E-state index in [1.54, 1.807) is 11.8 Å². The highest BCUT2D eigenvalue weighted by Crippen LogP contribution is 2.23. The van der Waals surface area contributed by atoms with Crippen molar-refractivity contribution in [1.29, 1.82) is 0 Å². The standard InChI is InChI=1S/C16H20N2OS/c1-13(16-5-2-3-10-17-16)18-14-6-8-15(9-7-14)20-12-4-11-19/h2-3,5-10,13,18-19H,4,11-12H2,1H3. The molecule has 2 N–H and O–H groups in total. The zero-order valence-electron chi connectivity index (χ0n) is 11.6.